The molecule has 0 atom stereocenters. The van der Waals surface area contributed by atoms with Gasteiger partial charge in [-0.25, -0.2) is 4.39 Å². The monoisotopic (exact) mass is 286 g/mol. The van der Waals surface area contributed by atoms with E-state index in [-0.39, 0.29) is 17.5 Å². The summed E-state index contributed by atoms with van der Waals surface area (Å²) in [6.45, 7) is 0. The van der Waals surface area contributed by atoms with Crippen molar-refractivity contribution in [2.75, 3.05) is 7.11 Å². The van der Waals surface area contributed by atoms with Gasteiger partial charge in [-0.2, -0.15) is 4.98 Å². The highest BCUT2D eigenvalue weighted by Crippen LogP contribution is 2.31. The molecular formula is C15H11FN2O3. The maximum absolute atomic E-state index is 12.9. The fourth-order valence-electron chi connectivity index (χ4n) is 1.87. The van der Waals surface area contributed by atoms with Gasteiger partial charge in [-0.1, -0.05) is 5.16 Å². The topological polar surface area (TPSA) is 68.4 Å². The number of phenols is 1. The van der Waals surface area contributed by atoms with Gasteiger partial charge in [-0.3, -0.25) is 0 Å². The largest absolute Gasteiger partial charge is 0.504 e. The average molecular weight is 286 g/mol. The second kappa shape index (κ2) is 5.24. The van der Waals surface area contributed by atoms with Gasteiger partial charge in [-0.15, -0.1) is 0 Å². The second-order valence-corrected chi connectivity index (χ2v) is 4.32. The molecule has 21 heavy (non-hydrogen) atoms. The lowest BCUT2D eigenvalue weighted by molar-refractivity contribution is 0.373. The van der Waals surface area contributed by atoms with Crippen molar-refractivity contribution in [2.24, 2.45) is 0 Å². The second-order valence-electron chi connectivity index (χ2n) is 4.32. The zero-order chi connectivity index (χ0) is 14.8. The molecule has 6 heteroatoms. The van der Waals surface area contributed by atoms with Crippen molar-refractivity contribution in [3.05, 3.63) is 48.3 Å². The Morgan fingerprint density at radius 2 is 1.81 bits per heavy atom. The predicted molar refractivity (Wildman–Crippen MR) is 73.3 cm³/mol. The van der Waals surface area contributed by atoms with Gasteiger partial charge in [0.15, 0.2) is 11.5 Å². The standard InChI is InChI=1S/C15H11FN2O3/c1-20-13-8-10(4-7-12(13)19)15-17-14(18-21-15)9-2-5-11(16)6-3-9/h2-8,19H,1H3. The SMILES string of the molecule is COc1cc(-c2nc(-c3ccc(F)cc3)no2)ccc1O. The van der Waals surface area contributed by atoms with E-state index in [0.29, 0.717) is 22.7 Å². The van der Waals surface area contributed by atoms with Crippen molar-refractivity contribution in [1.82, 2.24) is 10.1 Å². The highest BCUT2D eigenvalue weighted by Gasteiger charge is 2.12. The summed E-state index contributed by atoms with van der Waals surface area (Å²) in [4.78, 5) is 4.25. The molecule has 0 aliphatic heterocycles. The number of methoxy groups -OCH3 is 1. The van der Waals surface area contributed by atoms with E-state index in [1.54, 1.807) is 24.3 Å². The van der Waals surface area contributed by atoms with Crippen molar-refractivity contribution in [2.45, 2.75) is 0 Å². The molecule has 0 unspecified atom stereocenters. The smallest absolute Gasteiger partial charge is 0.258 e. The first-order valence-corrected chi connectivity index (χ1v) is 6.14. The quantitative estimate of drug-likeness (QED) is 0.800. The van der Waals surface area contributed by atoms with E-state index in [9.17, 15) is 9.50 Å². The van der Waals surface area contributed by atoms with Gasteiger partial charge in [-0.05, 0) is 42.5 Å². The third-order valence-electron chi connectivity index (χ3n) is 2.96. The predicted octanol–water partition coefficient (Wildman–Crippen LogP) is 3.26. The van der Waals surface area contributed by atoms with Gasteiger partial charge in [0.2, 0.25) is 5.82 Å². The molecule has 0 fully saturated rings. The summed E-state index contributed by atoms with van der Waals surface area (Å²) in [5.41, 5.74) is 1.27. The molecule has 0 saturated heterocycles. The Morgan fingerprint density at radius 3 is 2.52 bits per heavy atom. The summed E-state index contributed by atoms with van der Waals surface area (Å²) in [6.07, 6.45) is 0. The van der Waals surface area contributed by atoms with E-state index in [1.165, 1.54) is 25.3 Å². The number of nitrogens with zero attached hydrogens (tertiary/aromatic N) is 2. The van der Waals surface area contributed by atoms with E-state index < -0.39 is 0 Å². The van der Waals surface area contributed by atoms with E-state index in [0.717, 1.165) is 0 Å². The lowest BCUT2D eigenvalue weighted by Gasteiger charge is -2.03. The fourth-order valence-corrected chi connectivity index (χ4v) is 1.87. The van der Waals surface area contributed by atoms with Crippen molar-refractivity contribution in [3.63, 3.8) is 0 Å². The summed E-state index contributed by atoms with van der Waals surface area (Å²) in [7, 11) is 1.45. The highest BCUT2D eigenvalue weighted by atomic mass is 19.1. The number of aromatic hydroxyl groups is 1. The number of aromatic nitrogens is 2. The Balaban J connectivity index is 1.96. The van der Waals surface area contributed by atoms with Crippen LogP contribution in [-0.4, -0.2) is 22.4 Å². The Labute approximate surface area is 119 Å². The van der Waals surface area contributed by atoms with Crippen molar-refractivity contribution in [3.8, 4) is 34.3 Å². The van der Waals surface area contributed by atoms with E-state index in [4.69, 9.17) is 9.26 Å². The lowest BCUT2D eigenvalue weighted by Crippen LogP contribution is -1.85. The van der Waals surface area contributed by atoms with Gasteiger partial charge in [0.05, 0.1) is 7.11 Å². The van der Waals surface area contributed by atoms with Gasteiger partial charge in [0, 0.05) is 11.1 Å². The first kappa shape index (κ1) is 13.1. The van der Waals surface area contributed by atoms with Crippen LogP contribution < -0.4 is 4.74 Å². The van der Waals surface area contributed by atoms with E-state index in [1.807, 2.05) is 0 Å². The molecule has 3 aromatic rings. The highest BCUT2D eigenvalue weighted by molar-refractivity contribution is 5.62. The molecule has 1 N–H and O–H groups in total. The van der Waals surface area contributed by atoms with Gasteiger partial charge >= 0.3 is 0 Å². The van der Waals surface area contributed by atoms with E-state index in [2.05, 4.69) is 10.1 Å². The molecule has 0 aliphatic rings. The molecule has 1 heterocycles. The Hall–Kier alpha value is -2.89. The zero-order valence-corrected chi connectivity index (χ0v) is 11.1. The minimum absolute atomic E-state index is 0.0273. The third kappa shape index (κ3) is 2.55. The van der Waals surface area contributed by atoms with Gasteiger partial charge in [0.1, 0.15) is 5.82 Å². The van der Waals surface area contributed by atoms with Crippen LogP contribution in [0.15, 0.2) is 47.0 Å². The summed E-state index contributed by atoms with van der Waals surface area (Å²) >= 11 is 0. The van der Waals surface area contributed by atoms with Gasteiger partial charge < -0.3 is 14.4 Å². The molecule has 5 nitrogen and oxygen atoms in total. The van der Waals surface area contributed by atoms with Crippen LogP contribution in [0.3, 0.4) is 0 Å². The molecule has 106 valence electrons. The molecule has 0 amide bonds. The molecular weight excluding hydrogens is 275 g/mol. The van der Waals surface area contributed by atoms with Crippen LogP contribution in [0.2, 0.25) is 0 Å². The number of hydrogen-bond donors (Lipinski definition) is 1. The minimum atomic E-state index is -0.328. The summed E-state index contributed by atoms with van der Waals surface area (Å²) in [6, 6.07) is 10.5. The Morgan fingerprint density at radius 1 is 1.10 bits per heavy atom. The first-order chi connectivity index (χ1) is 10.2. The molecule has 3 rings (SSSR count). The molecule has 2 aromatic carbocycles. The van der Waals surface area contributed by atoms with Crippen LogP contribution in [0.1, 0.15) is 0 Å². The Kier molecular flexibility index (Phi) is 3.27. The number of hydrogen-bond acceptors (Lipinski definition) is 5. The lowest BCUT2D eigenvalue weighted by atomic mass is 10.2. The van der Waals surface area contributed by atoms with Crippen LogP contribution >= 0.6 is 0 Å². The summed E-state index contributed by atoms with van der Waals surface area (Å²) in [5, 5.41) is 13.4. The molecule has 0 radical (unpaired) electrons. The molecule has 0 spiro atoms. The van der Waals surface area contributed by atoms with Gasteiger partial charge in [0.25, 0.3) is 5.89 Å². The van der Waals surface area contributed by atoms with Crippen LogP contribution in [0, 0.1) is 5.82 Å². The van der Waals surface area contributed by atoms with Crippen molar-refractivity contribution in [1.29, 1.82) is 0 Å². The first-order valence-electron chi connectivity index (χ1n) is 6.14. The van der Waals surface area contributed by atoms with Crippen LogP contribution in [0.25, 0.3) is 22.8 Å². The fraction of sp³-hybridized carbons (Fsp3) is 0.0667. The Bertz CT molecular complexity index is 769. The molecule has 1 aromatic heterocycles. The maximum Gasteiger partial charge on any atom is 0.258 e. The number of rotatable bonds is 3. The van der Waals surface area contributed by atoms with Crippen molar-refractivity contribution >= 4 is 0 Å². The average Bonchev–Trinajstić information content (AvgIpc) is 2.98. The van der Waals surface area contributed by atoms with Crippen LogP contribution in [0.4, 0.5) is 4.39 Å². The molecule has 0 aliphatic carbocycles. The molecule has 0 saturated carbocycles. The number of ether oxygens (including phenoxy) is 1. The number of halogens is 1. The zero-order valence-electron chi connectivity index (χ0n) is 11.1. The third-order valence-corrected chi connectivity index (χ3v) is 2.96. The number of phenolic OH excluding ortho intramolecular Hbond substituents is 1. The van der Waals surface area contributed by atoms with E-state index >= 15 is 0 Å². The minimum Gasteiger partial charge on any atom is -0.504 e. The number of benzene rings is 2. The van der Waals surface area contributed by atoms with Crippen LogP contribution in [0.5, 0.6) is 11.5 Å². The van der Waals surface area contributed by atoms with Crippen molar-refractivity contribution < 1.29 is 18.8 Å². The summed E-state index contributed by atoms with van der Waals surface area (Å²) in [5.74, 6) is 0.656. The normalized spacial score (nSPS) is 10.6. The summed E-state index contributed by atoms with van der Waals surface area (Å²) < 4.78 is 23.1. The van der Waals surface area contributed by atoms with Crippen LogP contribution in [-0.2, 0) is 0 Å². The maximum atomic E-state index is 12.9. The molecule has 0 bridgehead atoms.